The van der Waals surface area contributed by atoms with Crippen LogP contribution in [0.2, 0.25) is 0 Å². The Bertz CT molecular complexity index is 1500. The molecule has 3 heterocycles. The molecule has 0 aliphatic heterocycles. The number of benzene rings is 2. The number of para-hydroxylation sites is 1. The molecule has 1 atom stereocenters. The van der Waals surface area contributed by atoms with Gasteiger partial charge in [0.15, 0.2) is 0 Å². The van der Waals surface area contributed by atoms with E-state index in [9.17, 15) is 9.59 Å². The van der Waals surface area contributed by atoms with Gasteiger partial charge in [0.25, 0.3) is 0 Å². The lowest BCUT2D eigenvalue weighted by atomic mass is 10.0. The zero-order valence-corrected chi connectivity index (χ0v) is 20.0. The van der Waals surface area contributed by atoms with Gasteiger partial charge in [0.2, 0.25) is 11.8 Å². The fourth-order valence-electron chi connectivity index (χ4n) is 4.08. The standard InChI is InChI=1S/C27H24N6O4/c1-36-21-7-4-6-20(16-21)33(25(34)18-32-24-10-3-2-9-23(24)30-31-32)26(19-11-13-28-14-12-19)27(35)29-17-22-8-5-15-37-22/h2-16,26H,17-18H2,1H3,(H,29,35)/t26-/m1/s1. The predicted octanol–water partition coefficient (Wildman–Crippen LogP) is 3.52. The topological polar surface area (TPSA) is 115 Å². The Morgan fingerprint density at radius 1 is 1.05 bits per heavy atom. The molecule has 0 radical (unpaired) electrons. The first-order valence-corrected chi connectivity index (χ1v) is 11.6. The molecule has 10 nitrogen and oxygen atoms in total. The van der Waals surface area contributed by atoms with Crippen LogP contribution in [0.25, 0.3) is 11.0 Å². The van der Waals surface area contributed by atoms with E-state index in [1.165, 1.54) is 15.8 Å². The van der Waals surface area contributed by atoms with Crippen LogP contribution in [0.4, 0.5) is 5.69 Å². The fourth-order valence-corrected chi connectivity index (χ4v) is 4.08. The van der Waals surface area contributed by atoms with Crippen molar-refractivity contribution in [3.05, 3.63) is 103 Å². The highest BCUT2D eigenvalue weighted by Crippen LogP contribution is 2.31. The maximum absolute atomic E-state index is 14.0. The molecule has 0 spiro atoms. The number of furan rings is 1. The molecule has 5 rings (SSSR count). The molecule has 0 saturated heterocycles. The van der Waals surface area contributed by atoms with Gasteiger partial charge >= 0.3 is 0 Å². The van der Waals surface area contributed by atoms with Crippen molar-refractivity contribution in [2.24, 2.45) is 0 Å². The fraction of sp³-hybridized carbons (Fsp3) is 0.148. The molecule has 1 N–H and O–H groups in total. The van der Waals surface area contributed by atoms with E-state index in [0.717, 1.165) is 0 Å². The first-order chi connectivity index (χ1) is 18.1. The number of fused-ring (bicyclic) bond motifs is 1. The van der Waals surface area contributed by atoms with Gasteiger partial charge in [-0.15, -0.1) is 5.10 Å². The van der Waals surface area contributed by atoms with Crippen LogP contribution < -0.4 is 15.0 Å². The van der Waals surface area contributed by atoms with Gasteiger partial charge in [0, 0.05) is 24.1 Å². The van der Waals surface area contributed by atoms with Crippen molar-refractivity contribution in [3.63, 3.8) is 0 Å². The Labute approximate surface area is 212 Å². The molecule has 186 valence electrons. The maximum Gasteiger partial charge on any atom is 0.249 e. The van der Waals surface area contributed by atoms with Crippen LogP contribution in [0.5, 0.6) is 5.75 Å². The molecule has 0 unspecified atom stereocenters. The van der Waals surface area contributed by atoms with Gasteiger partial charge in [-0.3, -0.25) is 19.5 Å². The second kappa shape index (κ2) is 10.7. The highest BCUT2D eigenvalue weighted by molar-refractivity contribution is 6.01. The Morgan fingerprint density at radius 2 is 1.89 bits per heavy atom. The average Bonchev–Trinajstić information content (AvgIpc) is 3.61. The van der Waals surface area contributed by atoms with E-state index < -0.39 is 6.04 Å². The van der Waals surface area contributed by atoms with Crippen LogP contribution in [0.15, 0.2) is 95.9 Å². The molecule has 0 aliphatic rings. The number of hydrogen-bond donors (Lipinski definition) is 1. The molecular formula is C27H24N6O4. The molecule has 2 amide bonds. The summed E-state index contributed by atoms with van der Waals surface area (Å²) in [6.45, 7) is 0.0338. The summed E-state index contributed by atoms with van der Waals surface area (Å²) in [5.41, 5.74) is 2.46. The smallest absolute Gasteiger partial charge is 0.249 e. The number of anilines is 1. The first kappa shape index (κ1) is 23.7. The third-order valence-corrected chi connectivity index (χ3v) is 5.85. The monoisotopic (exact) mass is 496 g/mol. The van der Waals surface area contributed by atoms with Crippen LogP contribution in [0.3, 0.4) is 0 Å². The summed E-state index contributed by atoms with van der Waals surface area (Å²) in [4.78, 5) is 33.2. The molecule has 5 aromatic rings. The number of amides is 2. The zero-order chi connectivity index (χ0) is 25.6. The second-order valence-electron chi connectivity index (χ2n) is 8.18. The summed E-state index contributed by atoms with van der Waals surface area (Å²) in [6, 6.07) is 20.3. The SMILES string of the molecule is COc1cccc(N(C(=O)Cn2nnc3ccccc32)[C@@H](C(=O)NCc2ccco2)c2ccncc2)c1. The Hall–Kier alpha value is -4.99. The normalized spacial score (nSPS) is 11.7. The van der Waals surface area contributed by atoms with Crippen molar-refractivity contribution in [2.45, 2.75) is 19.1 Å². The summed E-state index contributed by atoms with van der Waals surface area (Å²) in [7, 11) is 1.54. The van der Waals surface area contributed by atoms with Gasteiger partial charge in [0.05, 0.1) is 25.4 Å². The molecule has 0 bridgehead atoms. The second-order valence-corrected chi connectivity index (χ2v) is 8.18. The number of pyridine rings is 1. The summed E-state index contributed by atoms with van der Waals surface area (Å²) in [5, 5.41) is 11.2. The van der Waals surface area contributed by atoms with Gasteiger partial charge in [-0.2, -0.15) is 0 Å². The van der Waals surface area contributed by atoms with Gasteiger partial charge in [-0.05, 0) is 54.1 Å². The van der Waals surface area contributed by atoms with Gasteiger partial charge in [0.1, 0.15) is 29.6 Å². The van der Waals surface area contributed by atoms with E-state index in [1.807, 2.05) is 24.3 Å². The van der Waals surface area contributed by atoms with Crippen molar-refractivity contribution < 1.29 is 18.7 Å². The van der Waals surface area contributed by atoms with E-state index in [2.05, 4.69) is 20.6 Å². The lowest BCUT2D eigenvalue weighted by molar-refractivity contribution is -0.127. The van der Waals surface area contributed by atoms with Gasteiger partial charge < -0.3 is 14.5 Å². The number of hydrogen-bond acceptors (Lipinski definition) is 7. The minimum atomic E-state index is -1.01. The molecule has 0 aliphatic carbocycles. The van der Waals surface area contributed by atoms with E-state index in [0.29, 0.717) is 33.8 Å². The number of carbonyl (C=O) groups is 2. The van der Waals surface area contributed by atoms with E-state index >= 15 is 0 Å². The summed E-state index contributed by atoms with van der Waals surface area (Å²) < 4.78 is 12.3. The Morgan fingerprint density at radius 3 is 2.68 bits per heavy atom. The number of rotatable bonds is 9. The van der Waals surface area contributed by atoms with Crippen molar-refractivity contribution in [1.29, 1.82) is 0 Å². The van der Waals surface area contributed by atoms with Crippen molar-refractivity contribution in [3.8, 4) is 5.75 Å². The lowest BCUT2D eigenvalue weighted by Crippen LogP contribution is -2.45. The molecule has 10 heteroatoms. The Kier molecular flexibility index (Phi) is 6.89. The Balaban J connectivity index is 1.55. The molecule has 3 aromatic heterocycles. The van der Waals surface area contributed by atoms with E-state index in [4.69, 9.17) is 9.15 Å². The van der Waals surface area contributed by atoms with Crippen LogP contribution >= 0.6 is 0 Å². The van der Waals surface area contributed by atoms with Crippen molar-refractivity contribution in [2.75, 3.05) is 12.0 Å². The zero-order valence-electron chi connectivity index (χ0n) is 20.0. The third kappa shape index (κ3) is 5.18. The summed E-state index contributed by atoms with van der Waals surface area (Å²) in [5.74, 6) is 0.391. The van der Waals surface area contributed by atoms with Crippen LogP contribution in [0, 0.1) is 0 Å². The van der Waals surface area contributed by atoms with Crippen LogP contribution in [-0.2, 0) is 22.7 Å². The largest absolute Gasteiger partial charge is 0.497 e. The number of nitrogens with zero attached hydrogens (tertiary/aromatic N) is 5. The minimum Gasteiger partial charge on any atom is -0.497 e. The number of ether oxygens (including phenoxy) is 1. The molecule has 0 fully saturated rings. The molecule has 37 heavy (non-hydrogen) atoms. The number of nitrogens with one attached hydrogen (secondary N) is 1. The van der Waals surface area contributed by atoms with E-state index in [-0.39, 0.29) is 24.9 Å². The highest BCUT2D eigenvalue weighted by Gasteiger charge is 2.33. The van der Waals surface area contributed by atoms with Gasteiger partial charge in [-0.25, -0.2) is 4.68 Å². The van der Waals surface area contributed by atoms with Gasteiger partial charge in [-0.1, -0.05) is 23.4 Å². The van der Waals surface area contributed by atoms with Crippen molar-refractivity contribution >= 4 is 28.5 Å². The highest BCUT2D eigenvalue weighted by atomic mass is 16.5. The van der Waals surface area contributed by atoms with E-state index in [1.54, 1.807) is 68.0 Å². The number of aromatic nitrogens is 4. The molecular weight excluding hydrogens is 472 g/mol. The maximum atomic E-state index is 14.0. The quantitative estimate of drug-likeness (QED) is 0.332. The van der Waals surface area contributed by atoms with Crippen LogP contribution in [0.1, 0.15) is 17.4 Å². The first-order valence-electron chi connectivity index (χ1n) is 11.6. The van der Waals surface area contributed by atoms with Crippen LogP contribution in [-0.4, -0.2) is 38.9 Å². The summed E-state index contributed by atoms with van der Waals surface area (Å²) >= 11 is 0. The molecule has 2 aromatic carbocycles. The van der Waals surface area contributed by atoms with Crippen molar-refractivity contribution in [1.82, 2.24) is 25.3 Å². The summed E-state index contributed by atoms with van der Waals surface area (Å²) in [6.07, 6.45) is 4.71. The minimum absolute atomic E-state index is 0.134. The number of carbonyl (C=O) groups excluding carboxylic acids is 2. The number of methoxy groups -OCH3 is 1. The lowest BCUT2D eigenvalue weighted by Gasteiger charge is -2.31. The third-order valence-electron chi connectivity index (χ3n) is 5.85. The molecule has 0 saturated carbocycles. The predicted molar refractivity (Wildman–Crippen MR) is 136 cm³/mol. The average molecular weight is 497 g/mol.